The summed E-state index contributed by atoms with van der Waals surface area (Å²) in [5.74, 6) is 0.283. The van der Waals surface area contributed by atoms with Crippen molar-refractivity contribution in [2.45, 2.75) is 38.7 Å². The van der Waals surface area contributed by atoms with Gasteiger partial charge in [0.1, 0.15) is 0 Å². The van der Waals surface area contributed by atoms with E-state index in [1.807, 2.05) is 42.5 Å². The van der Waals surface area contributed by atoms with Gasteiger partial charge in [0.25, 0.3) is 5.89 Å². The Hall–Kier alpha value is -3.41. The highest BCUT2D eigenvalue weighted by Gasteiger charge is 2.21. The van der Waals surface area contributed by atoms with Gasteiger partial charge in [-0.2, -0.15) is 0 Å². The molecule has 0 unspecified atom stereocenters. The van der Waals surface area contributed by atoms with Crippen LogP contribution in [-0.2, 0) is 17.6 Å². The molecular weight excluding hydrogens is 366 g/mol. The second kappa shape index (κ2) is 7.20. The van der Waals surface area contributed by atoms with Crippen LogP contribution < -0.4 is 0 Å². The molecule has 0 saturated carbocycles. The molecule has 0 spiro atoms. The summed E-state index contributed by atoms with van der Waals surface area (Å²) in [6.45, 7) is 1.73. The topological polar surface area (TPSA) is 81.0 Å². The maximum Gasteiger partial charge on any atom is 0.338 e. The van der Waals surface area contributed by atoms with Gasteiger partial charge in [0.05, 0.1) is 5.56 Å². The minimum absolute atomic E-state index is 0.275. The number of carbonyl (C=O) groups excluding carboxylic acids is 1. The third kappa shape index (κ3) is 3.31. The van der Waals surface area contributed by atoms with E-state index in [2.05, 4.69) is 15.2 Å². The van der Waals surface area contributed by atoms with Crippen molar-refractivity contribution < 1.29 is 13.9 Å². The molecule has 0 saturated heterocycles. The Kier molecular flexibility index (Phi) is 4.39. The van der Waals surface area contributed by atoms with Gasteiger partial charge in [-0.1, -0.05) is 18.2 Å². The summed E-state index contributed by atoms with van der Waals surface area (Å²) in [6, 6.07) is 15.2. The van der Waals surface area contributed by atoms with Gasteiger partial charge >= 0.3 is 5.97 Å². The molecule has 0 radical (unpaired) electrons. The predicted molar refractivity (Wildman–Crippen MR) is 109 cm³/mol. The van der Waals surface area contributed by atoms with Crippen molar-refractivity contribution in [1.29, 1.82) is 0 Å². The quantitative estimate of drug-likeness (QED) is 0.498. The van der Waals surface area contributed by atoms with Crippen molar-refractivity contribution in [2.24, 2.45) is 0 Å². The largest absolute Gasteiger partial charge is 0.449 e. The number of aryl methyl sites for hydroxylation is 2. The van der Waals surface area contributed by atoms with E-state index in [0.717, 1.165) is 29.3 Å². The van der Waals surface area contributed by atoms with E-state index in [9.17, 15) is 4.79 Å². The van der Waals surface area contributed by atoms with E-state index >= 15 is 0 Å². The van der Waals surface area contributed by atoms with Gasteiger partial charge in [0, 0.05) is 22.2 Å². The average Bonchev–Trinajstić information content (AvgIpc) is 3.39. The molecule has 2 aromatic heterocycles. The molecule has 0 bridgehead atoms. The fraction of sp³-hybridized carbons (Fsp3) is 0.261. The summed E-state index contributed by atoms with van der Waals surface area (Å²) < 4.78 is 11.3. The Morgan fingerprint density at radius 3 is 2.79 bits per heavy atom. The van der Waals surface area contributed by atoms with Crippen LogP contribution in [0.3, 0.4) is 0 Å². The zero-order valence-electron chi connectivity index (χ0n) is 16.1. The Balaban J connectivity index is 1.35. The van der Waals surface area contributed by atoms with Crippen LogP contribution in [0.25, 0.3) is 22.4 Å². The fourth-order valence-electron chi connectivity index (χ4n) is 3.91. The van der Waals surface area contributed by atoms with Crippen molar-refractivity contribution in [1.82, 2.24) is 15.2 Å². The number of carbonyl (C=O) groups is 1. The molecule has 1 N–H and O–H groups in total. The van der Waals surface area contributed by atoms with Gasteiger partial charge in [-0.25, -0.2) is 4.79 Å². The maximum atomic E-state index is 12.7. The highest BCUT2D eigenvalue weighted by atomic mass is 16.6. The Bertz CT molecular complexity index is 1180. The fourth-order valence-corrected chi connectivity index (χ4v) is 3.91. The normalized spacial score (nSPS) is 14.5. The van der Waals surface area contributed by atoms with Gasteiger partial charge in [0.2, 0.25) is 5.89 Å². The van der Waals surface area contributed by atoms with Gasteiger partial charge in [-0.3, -0.25) is 0 Å². The van der Waals surface area contributed by atoms with E-state index in [1.165, 1.54) is 24.1 Å². The molecule has 29 heavy (non-hydrogen) atoms. The van der Waals surface area contributed by atoms with Gasteiger partial charge in [0.15, 0.2) is 6.10 Å². The summed E-state index contributed by atoms with van der Waals surface area (Å²) in [6.07, 6.45) is 3.88. The van der Waals surface area contributed by atoms with E-state index < -0.39 is 12.1 Å². The highest BCUT2D eigenvalue weighted by molar-refractivity contribution is 5.96. The number of H-pyrrole nitrogens is 1. The van der Waals surface area contributed by atoms with E-state index in [4.69, 9.17) is 9.15 Å². The number of aromatic nitrogens is 3. The van der Waals surface area contributed by atoms with Crippen LogP contribution in [0.4, 0.5) is 0 Å². The molecule has 1 aliphatic carbocycles. The number of benzene rings is 2. The Morgan fingerprint density at radius 2 is 1.93 bits per heavy atom. The molecular formula is C23H21N3O3. The summed E-state index contributed by atoms with van der Waals surface area (Å²) in [5, 5.41) is 9.21. The zero-order chi connectivity index (χ0) is 19.8. The van der Waals surface area contributed by atoms with Gasteiger partial charge in [-0.15, -0.1) is 10.2 Å². The predicted octanol–water partition coefficient (Wildman–Crippen LogP) is 5.01. The molecule has 1 aliphatic rings. The van der Waals surface area contributed by atoms with Crippen molar-refractivity contribution >= 4 is 16.9 Å². The number of fused-ring (bicyclic) bond motifs is 3. The zero-order valence-corrected chi connectivity index (χ0v) is 16.1. The Labute approximate surface area is 167 Å². The first-order chi connectivity index (χ1) is 14.2. The van der Waals surface area contributed by atoms with Crippen molar-refractivity contribution in [3.05, 3.63) is 71.2 Å². The number of esters is 1. The third-order valence-electron chi connectivity index (χ3n) is 5.43. The lowest BCUT2D eigenvalue weighted by Gasteiger charge is -2.11. The van der Waals surface area contributed by atoms with Crippen LogP contribution in [0.1, 0.15) is 53.4 Å². The number of hydrogen-bond donors (Lipinski definition) is 1. The number of nitrogens with one attached hydrogen (secondary N) is 1. The first-order valence-corrected chi connectivity index (χ1v) is 9.92. The van der Waals surface area contributed by atoms with Crippen LogP contribution in [0.5, 0.6) is 0 Å². The van der Waals surface area contributed by atoms with E-state index in [1.54, 1.807) is 13.0 Å². The van der Waals surface area contributed by atoms with E-state index in [-0.39, 0.29) is 5.89 Å². The first-order valence-electron chi connectivity index (χ1n) is 9.92. The smallest absolute Gasteiger partial charge is 0.338 e. The molecule has 2 heterocycles. The first kappa shape index (κ1) is 17.7. The lowest BCUT2D eigenvalue weighted by atomic mass is 9.95. The molecule has 1 atom stereocenters. The summed E-state index contributed by atoms with van der Waals surface area (Å²) >= 11 is 0. The molecule has 6 nitrogen and oxygen atoms in total. The van der Waals surface area contributed by atoms with Crippen molar-refractivity contribution in [2.75, 3.05) is 0 Å². The van der Waals surface area contributed by atoms with E-state index in [0.29, 0.717) is 11.5 Å². The standard InChI is InChI=1S/C23H21N3O3/c1-14(21-25-26-22(29-21)15-7-3-2-4-8-15)28-23(27)16-11-12-20-18(13-16)17-9-5-6-10-19(17)24-20/h2-4,7-8,11-14,24H,5-6,9-10H2,1H3/t14-/m1/s1. The van der Waals surface area contributed by atoms with Crippen LogP contribution >= 0.6 is 0 Å². The second-order valence-corrected chi connectivity index (χ2v) is 7.41. The third-order valence-corrected chi connectivity index (χ3v) is 5.43. The molecule has 6 heteroatoms. The van der Waals surface area contributed by atoms with Gasteiger partial charge < -0.3 is 14.1 Å². The number of hydrogen-bond acceptors (Lipinski definition) is 5. The number of aromatic amines is 1. The minimum atomic E-state index is -0.636. The van der Waals surface area contributed by atoms with Crippen LogP contribution in [0.2, 0.25) is 0 Å². The molecule has 5 rings (SSSR count). The Morgan fingerprint density at radius 1 is 1.10 bits per heavy atom. The SMILES string of the molecule is C[C@@H](OC(=O)c1ccc2[nH]c3c(c2c1)CCCC3)c1nnc(-c2ccccc2)o1. The van der Waals surface area contributed by atoms with Crippen LogP contribution in [0.15, 0.2) is 52.9 Å². The molecule has 146 valence electrons. The highest BCUT2D eigenvalue weighted by Crippen LogP contribution is 2.30. The molecule has 0 amide bonds. The maximum absolute atomic E-state index is 12.7. The van der Waals surface area contributed by atoms with Crippen LogP contribution in [0, 0.1) is 0 Å². The molecule has 0 fully saturated rings. The van der Waals surface area contributed by atoms with Crippen molar-refractivity contribution in [3.8, 4) is 11.5 Å². The molecule has 4 aromatic rings. The van der Waals surface area contributed by atoms with Crippen LogP contribution in [-0.4, -0.2) is 21.2 Å². The number of nitrogens with zero attached hydrogens (tertiary/aromatic N) is 2. The lowest BCUT2D eigenvalue weighted by Crippen LogP contribution is -2.09. The lowest BCUT2D eigenvalue weighted by molar-refractivity contribution is 0.0280. The minimum Gasteiger partial charge on any atom is -0.449 e. The van der Waals surface area contributed by atoms with Crippen molar-refractivity contribution in [3.63, 3.8) is 0 Å². The summed E-state index contributed by atoms with van der Waals surface area (Å²) in [5.41, 5.74) is 5.06. The summed E-state index contributed by atoms with van der Waals surface area (Å²) in [4.78, 5) is 16.2. The van der Waals surface area contributed by atoms with Gasteiger partial charge in [-0.05, 0) is 68.5 Å². The number of rotatable bonds is 4. The number of ether oxygens (including phenoxy) is 1. The molecule has 0 aliphatic heterocycles. The average molecular weight is 387 g/mol. The monoisotopic (exact) mass is 387 g/mol. The summed E-state index contributed by atoms with van der Waals surface area (Å²) in [7, 11) is 0. The second-order valence-electron chi connectivity index (χ2n) is 7.41. The molecule has 2 aromatic carbocycles.